The molecule has 1 aliphatic carbocycles. The van der Waals surface area contributed by atoms with Crippen LogP contribution in [-0.2, 0) is 9.59 Å². The number of aromatic nitrogens is 2. The number of nitrogens with one attached hydrogen (secondary N) is 3. The second kappa shape index (κ2) is 8.72. The molecule has 0 radical (unpaired) electrons. The number of rotatable bonds is 6. The predicted molar refractivity (Wildman–Crippen MR) is 125 cm³/mol. The number of aliphatic hydroxyl groups is 1. The van der Waals surface area contributed by atoms with Crippen molar-refractivity contribution in [3.8, 4) is 22.4 Å². The third-order valence-electron chi connectivity index (χ3n) is 5.83. The fourth-order valence-corrected chi connectivity index (χ4v) is 4.25. The molecule has 3 aromatic carbocycles. The number of aliphatic hydroxyl groups excluding tert-OH is 1. The van der Waals surface area contributed by atoms with Crippen molar-refractivity contribution in [3.05, 3.63) is 96.1 Å². The summed E-state index contributed by atoms with van der Waals surface area (Å²) in [5, 5.41) is 22.2. The first-order chi connectivity index (χ1) is 16.2. The third kappa shape index (κ3) is 3.90. The summed E-state index contributed by atoms with van der Waals surface area (Å²) >= 11 is 0. The lowest BCUT2D eigenvalue weighted by atomic mass is 9.95. The van der Waals surface area contributed by atoms with Crippen molar-refractivity contribution in [2.45, 2.75) is 12.0 Å². The molecule has 0 fully saturated rings. The van der Waals surface area contributed by atoms with Gasteiger partial charge in [-0.25, -0.2) is 0 Å². The summed E-state index contributed by atoms with van der Waals surface area (Å²) < 4.78 is 0. The maximum Gasteiger partial charge on any atom is 0.250 e. The maximum absolute atomic E-state index is 13.3. The Morgan fingerprint density at radius 1 is 0.909 bits per heavy atom. The Morgan fingerprint density at radius 2 is 1.52 bits per heavy atom. The molecule has 1 heterocycles. The smallest absolute Gasteiger partial charge is 0.250 e. The second-order valence-corrected chi connectivity index (χ2v) is 7.87. The van der Waals surface area contributed by atoms with Gasteiger partial charge in [-0.1, -0.05) is 78.9 Å². The van der Waals surface area contributed by atoms with E-state index >= 15 is 0 Å². The van der Waals surface area contributed by atoms with Crippen molar-refractivity contribution in [1.29, 1.82) is 0 Å². The fourth-order valence-electron chi connectivity index (χ4n) is 4.25. The number of hydrogen-bond acceptors (Lipinski definition) is 4. The topological polar surface area (TPSA) is 107 Å². The van der Waals surface area contributed by atoms with Crippen LogP contribution in [0.2, 0.25) is 0 Å². The standard InChI is InChI=1S/C26H22N4O3/c31-15-22(25(32)28-23-14-21(29-30-23)16-8-2-1-3-9-16)27-26(33)24-19-12-6-4-10-17(19)18-11-5-7-13-20(18)24/h1-14,22,24,31H,15H2,(H,27,33)(H2,28,29,30,32). The Morgan fingerprint density at radius 3 is 2.15 bits per heavy atom. The van der Waals surface area contributed by atoms with Crippen molar-refractivity contribution in [2.75, 3.05) is 11.9 Å². The molecule has 1 aromatic heterocycles. The highest BCUT2D eigenvalue weighted by Crippen LogP contribution is 2.44. The fraction of sp³-hybridized carbons (Fsp3) is 0.115. The Kier molecular flexibility index (Phi) is 5.46. The molecule has 7 heteroatoms. The number of aromatic amines is 1. The van der Waals surface area contributed by atoms with E-state index in [1.807, 2.05) is 78.9 Å². The summed E-state index contributed by atoms with van der Waals surface area (Å²) in [7, 11) is 0. The zero-order valence-electron chi connectivity index (χ0n) is 17.7. The van der Waals surface area contributed by atoms with Crippen LogP contribution in [0.3, 0.4) is 0 Å². The van der Waals surface area contributed by atoms with Crippen LogP contribution in [0.5, 0.6) is 0 Å². The number of amides is 2. The van der Waals surface area contributed by atoms with Gasteiger partial charge in [0.15, 0.2) is 5.82 Å². The maximum atomic E-state index is 13.3. The van der Waals surface area contributed by atoms with E-state index in [2.05, 4.69) is 20.8 Å². The van der Waals surface area contributed by atoms with Gasteiger partial charge in [0.25, 0.3) is 5.91 Å². The zero-order valence-corrected chi connectivity index (χ0v) is 17.7. The molecule has 0 saturated carbocycles. The summed E-state index contributed by atoms with van der Waals surface area (Å²) in [4.78, 5) is 26.1. The van der Waals surface area contributed by atoms with Gasteiger partial charge in [-0.2, -0.15) is 5.10 Å². The zero-order chi connectivity index (χ0) is 22.8. The molecule has 1 unspecified atom stereocenters. The lowest BCUT2D eigenvalue weighted by Gasteiger charge is -2.19. The molecular weight excluding hydrogens is 416 g/mol. The molecule has 33 heavy (non-hydrogen) atoms. The van der Waals surface area contributed by atoms with Gasteiger partial charge in [-0.05, 0) is 27.8 Å². The van der Waals surface area contributed by atoms with Gasteiger partial charge < -0.3 is 15.7 Å². The van der Waals surface area contributed by atoms with E-state index in [4.69, 9.17) is 0 Å². The van der Waals surface area contributed by atoms with Crippen LogP contribution < -0.4 is 10.6 Å². The largest absolute Gasteiger partial charge is 0.394 e. The van der Waals surface area contributed by atoms with E-state index in [0.717, 1.165) is 33.5 Å². The van der Waals surface area contributed by atoms with Gasteiger partial charge >= 0.3 is 0 Å². The van der Waals surface area contributed by atoms with Crippen LogP contribution in [0.1, 0.15) is 17.0 Å². The molecule has 0 bridgehead atoms. The first-order valence-electron chi connectivity index (χ1n) is 10.7. The highest BCUT2D eigenvalue weighted by Gasteiger charge is 2.35. The van der Waals surface area contributed by atoms with E-state index < -0.39 is 24.5 Å². The SMILES string of the molecule is O=C(Nc1cc(-c2ccccc2)[nH]n1)C(CO)NC(=O)C1c2ccccc2-c2ccccc21. The summed E-state index contributed by atoms with van der Waals surface area (Å²) in [6.45, 7) is -0.538. The number of fused-ring (bicyclic) bond motifs is 3. The number of nitrogens with zero attached hydrogens (tertiary/aromatic N) is 1. The van der Waals surface area contributed by atoms with Crippen LogP contribution in [0.15, 0.2) is 84.9 Å². The van der Waals surface area contributed by atoms with Crippen LogP contribution in [0.25, 0.3) is 22.4 Å². The molecule has 0 aliphatic heterocycles. The minimum absolute atomic E-state index is 0.308. The highest BCUT2D eigenvalue weighted by atomic mass is 16.3. The van der Waals surface area contributed by atoms with E-state index in [1.165, 1.54) is 0 Å². The average molecular weight is 438 g/mol. The Balaban J connectivity index is 1.32. The van der Waals surface area contributed by atoms with E-state index in [-0.39, 0.29) is 5.91 Å². The van der Waals surface area contributed by atoms with Crippen LogP contribution >= 0.6 is 0 Å². The van der Waals surface area contributed by atoms with E-state index in [0.29, 0.717) is 5.82 Å². The molecule has 4 N–H and O–H groups in total. The minimum Gasteiger partial charge on any atom is -0.394 e. The number of anilines is 1. The van der Waals surface area contributed by atoms with Gasteiger partial charge in [0.05, 0.1) is 18.2 Å². The molecule has 0 spiro atoms. The van der Waals surface area contributed by atoms with Crippen molar-refractivity contribution >= 4 is 17.6 Å². The van der Waals surface area contributed by atoms with Crippen molar-refractivity contribution in [2.24, 2.45) is 0 Å². The molecule has 7 nitrogen and oxygen atoms in total. The third-order valence-corrected chi connectivity index (χ3v) is 5.83. The van der Waals surface area contributed by atoms with Gasteiger partial charge in [0.1, 0.15) is 6.04 Å². The summed E-state index contributed by atoms with van der Waals surface area (Å²) in [5.74, 6) is -1.12. The second-order valence-electron chi connectivity index (χ2n) is 7.87. The first kappa shape index (κ1) is 20.7. The van der Waals surface area contributed by atoms with Gasteiger partial charge in [-0.3, -0.25) is 14.7 Å². The molecule has 0 saturated heterocycles. The van der Waals surface area contributed by atoms with Gasteiger partial charge in [0.2, 0.25) is 5.91 Å². The first-order valence-corrected chi connectivity index (χ1v) is 10.7. The van der Waals surface area contributed by atoms with E-state index in [1.54, 1.807) is 6.07 Å². The van der Waals surface area contributed by atoms with Gasteiger partial charge in [0, 0.05) is 6.07 Å². The molecule has 2 amide bonds. The Bertz CT molecular complexity index is 1270. The van der Waals surface area contributed by atoms with Crippen molar-refractivity contribution < 1.29 is 14.7 Å². The molecular formula is C26H22N4O3. The van der Waals surface area contributed by atoms with Crippen LogP contribution in [0, 0.1) is 0 Å². The number of H-pyrrole nitrogens is 1. The summed E-state index contributed by atoms with van der Waals surface area (Å²) in [6, 6.07) is 25.6. The molecule has 164 valence electrons. The minimum atomic E-state index is -1.12. The quantitative estimate of drug-likeness (QED) is 0.370. The Labute approximate surface area is 190 Å². The number of benzene rings is 3. The molecule has 1 atom stereocenters. The number of hydrogen-bond donors (Lipinski definition) is 4. The highest BCUT2D eigenvalue weighted by molar-refractivity contribution is 6.01. The molecule has 4 aromatic rings. The average Bonchev–Trinajstić information content (AvgIpc) is 3.45. The van der Waals surface area contributed by atoms with Crippen molar-refractivity contribution in [3.63, 3.8) is 0 Å². The van der Waals surface area contributed by atoms with Crippen LogP contribution in [-0.4, -0.2) is 39.8 Å². The molecule has 1 aliphatic rings. The number of carbonyl (C=O) groups is 2. The Hall–Kier alpha value is -4.23. The van der Waals surface area contributed by atoms with Crippen LogP contribution in [0.4, 0.5) is 5.82 Å². The monoisotopic (exact) mass is 438 g/mol. The molecule has 5 rings (SSSR count). The lowest BCUT2D eigenvalue weighted by molar-refractivity contribution is -0.127. The van der Waals surface area contributed by atoms with Gasteiger partial charge in [-0.15, -0.1) is 0 Å². The predicted octanol–water partition coefficient (Wildman–Crippen LogP) is 3.30. The summed E-state index contributed by atoms with van der Waals surface area (Å²) in [6.07, 6.45) is 0. The normalized spacial score (nSPS) is 13.1. The lowest BCUT2D eigenvalue weighted by Crippen LogP contribution is -2.47. The van der Waals surface area contributed by atoms with Crippen molar-refractivity contribution in [1.82, 2.24) is 15.5 Å². The summed E-state index contributed by atoms with van der Waals surface area (Å²) in [5.41, 5.74) is 5.44. The van der Waals surface area contributed by atoms with E-state index in [9.17, 15) is 14.7 Å². The number of carbonyl (C=O) groups excluding carboxylic acids is 2.